The van der Waals surface area contributed by atoms with Gasteiger partial charge in [-0.3, -0.25) is 0 Å². The summed E-state index contributed by atoms with van der Waals surface area (Å²) in [5, 5.41) is 9.28. The van der Waals surface area contributed by atoms with Crippen molar-refractivity contribution in [2.45, 2.75) is 23.5 Å². The number of aromatic nitrogens is 2. The topological polar surface area (TPSA) is 68.0 Å². The molecule has 0 radical (unpaired) electrons. The van der Waals surface area contributed by atoms with Crippen molar-refractivity contribution in [3.05, 3.63) is 35.4 Å². The van der Waals surface area contributed by atoms with Gasteiger partial charge in [0, 0.05) is 12.5 Å². The average molecular weight is 385 g/mol. The average Bonchev–Trinajstić information content (AvgIpc) is 2.97. The molecular weight excluding hydrogens is 375 g/mol. The van der Waals surface area contributed by atoms with E-state index in [1.165, 1.54) is 41.4 Å². The molecule has 130 valence electrons. The predicted octanol–water partition coefficient (Wildman–Crippen LogP) is 4.76. The fourth-order valence-corrected chi connectivity index (χ4v) is 3.67. The summed E-state index contributed by atoms with van der Waals surface area (Å²) < 4.78 is 48.1. The van der Waals surface area contributed by atoms with Gasteiger partial charge in [0.1, 0.15) is 27.9 Å². The van der Waals surface area contributed by atoms with Gasteiger partial charge in [0.25, 0.3) is 0 Å². The molecule has 0 aliphatic heterocycles. The molecular formula is C15H10F3N3O2S2. The minimum atomic E-state index is -4.77. The van der Waals surface area contributed by atoms with Crippen LogP contribution in [0, 0.1) is 11.3 Å². The Morgan fingerprint density at radius 2 is 2.20 bits per heavy atom. The van der Waals surface area contributed by atoms with Crippen molar-refractivity contribution in [1.29, 1.82) is 5.26 Å². The van der Waals surface area contributed by atoms with E-state index in [0.717, 1.165) is 4.34 Å². The second-order valence-electron chi connectivity index (χ2n) is 4.86. The third kappa shape index (κ3) is 4.05. The van der Waals surface area contributed by atoms with Crippen LogP contribution < -0.4 is 4.74 Å². The number of nitrogens with zero attached hydrogens (tertiary/aromatic N) is 3. The number of hydrogen-bond acceptors (Lipinski definition) is 7. The molecule has 0 saturated heterocycles. The highest BCUT2D eigenvalue weighted by molar-refractivity contribution is 8.00. The molecule has 0 atom stereocenters. The summed E-state index contributed by atoms with van der Waals surface area (Å²) in [4.78, 5) is 8.42. The standard InChI is InChI=1S/C15H10F3N3O2S2/c1-24-14-21-13-12(25-14)11(8(6-19)7-20-13)22-9-3-2-4-10(5-9)23-15(16,17)18/h4-5,7H,2-3H2,1H3. The van der Waals surface area contributed by atoms with Crippen LogP contribution >= 0.6 is 23.1 Å². The van der Waals surface area contributed by atoms with Gasteiger partial charge in [0.15, 0.2) is 15.7 Å². The van der Waals surface area contributed by atoms with Gasteiger partial charge in [-0.1, -0.05) is 11.8 Å². The zero-order valence-electron chi connectivity index (χ0n) is 12.8. The van der Waals surface area contributed by atoms with E-state index in [1.807, 2.05) is 12.3 Å². The Balaban J connectivity index is 1.96. The lowest BCUT2D eigenvalue weighted by atomic mass is 10.1. The molecule has 0 spiro atoms. The molecule has 25 heavy (non-hydrogen) atoms. The van der Waals surface area contributed by atoms with Crippen LogP contribution in [0.1, 0.15) is 18.4 Å². The van der Waals surface area contributed by atoms with Crippen LogP contribution in [0.25, 0.3) is 10.3 Å². The Labute approximate surface area is 148 Å². The molecule has 2 aromatic rings. The molecule has 5 nitrogen and oxygen atoms in total. The maximum absolute atomic E-state index is 12.4. The first-order valence-corrected chi connectivity index (χ1v) is 9.01. The molecule has 0 unspecified atom stereocenters. The Hall–Kier alpha value is -2.25. The number of rotatable bonds is 4. The molecule has 0 N–H and O–H groups in total. The van der Waals surface area contributed by atoms with Crippen LogP contribution in [0.2, 0.25) is 0 Å². The highest BCUT2D eigenvalue weighted by Crippen LogP contribution is 2.38. The summed E-state index contributed by atoms with van der Waals surface area (Å²) in [5.41, 5.74) is 0.625. The third-order valence-corrected chi connectivity index (χ3v) is 5.19. The van der Waals surface area contributed by atoms with E-state index < -0.39 is 6.36 Å². The SMILES string of the molecule is CSc1nc2ncc(C#N)c(OC3=CC(OC(F)(F)F)=CCC3)c2s1. The zero-order valence-corrected chi connectivity index (χ0v) is 14.4. The van der Waals surface area contributed by atoms with E-state index >= 15 is 0 Å². The second-order valence-corrected chi connectivity index (χ2v) is 6.91. The summed E-state index contributed by atoms with van der Waals surface area (Å²) in [6.45, 7) is 0. The molecule has 0 bridgehead atoms. The van der Waals surface area contributed by atoms with Gasteiger partial charge in [-0.05, 0) is 18.8 Å². The van der Waals surface area contributed by atoms with Crippen molar-refractivity contribution in [2.24, 2.45) is 0 Å². The number of alkyl halides is 3. The van der Waals surface area contributed by atoms with Gasteiger partial charge in [0.2, 0.25) is 0 Å². The molecule has 10 heteroatoms. The van der Waals surface area contributed by atoms with Crippen molar-refractivity contribution >= 4 is 33.4 Å². The Morgan fingerprint density at radius 3 is 2.88 bits per heavy atom. The zero-order chi connectivity index (χ0) is 18.0. The van der Waals surface area contributed by atoms with Gasteiger partial charge >= 0.3 is 6.36 Å². The summed E-state index contributed by atoms with van der Waals surface area (Å²) in [5.74, 6) is 0.210. The van der Waals surface area contributed by atoms with Crippen molar-refractivity contribution in [2.75, 3.05) is 6.26 Å². The molecule has 2 heterocycles. The van der Waals surface area contributed by atoms with Crippen molar-refractivity contribution in [3.8, 4) is 11.8 Å². The number of thiazole rings is 1. The Morgan fingerprint density at radius 1 is 1.40 bits per heavy atom. The fraction of sp³-hybridized carbons (Fsp3) is 0.267. The summed E-state index contributed by atoms with van der Waals surface area (Å²) in [7, 11) is 0. The van der Waals surface area contributed by atoms with Crippen molar-refractivity contribution in [1.82, 2.24) is 9.97 Å². The molecule has 0 aromatic carbocycles. The number of thioether (sulfide) groups is 1. The number of fused-ring (bicyclic) bond motifs is 1. The molecule has 0 amide bonds. The quantitative estimate of drug-likeness (QED) is 0.707. The normalized spacial score (nSPS) is 14.7. The molecule has 1 aliphatic rings. The van der Waals surface area contributed by atoms with E-state index in [-0.39, 0.29) is 22.8 Å². The van der Waals surface area contributed by atoms with Crippen LogP contribution in [-0.4, -0.2) is 22.6 Å². The van der Waals surface area contributed by atoms with E-state index in [4.69, 9.17) is 4.74 Å². The first kappa shape index (κ1) is 17.6. The Kier molecular flexibility index (Phi) is 4.87. The third-order valence-electron chi connectivity index (χ3n) is 3.16. The largest absolute Gasteiger partial charge is 0.573 e. The first-order chi connectivity index (χ1) is 11.9. The highest BCUT2D eigenvalue weighted by atomic mass is 32.2. The molecule has 2 aromatic heterocycles. The number of halogens is 3. The van der Waals surface area contributed by atoms with E-state index in [2.05, 4.69) is 14.7 Å². The second kappa shape index (κ2) is 6.93. The number of hydrogen-bond donors (Lipinski definition) is 0. The smallest absolute Gasteiger partial charge is 0.458 e. The van der Waals surface area contributed by atoms with Gasteiger partial charge in [0.05, 0.1) is 6.20 Å². The maximum Gasteiger partial charge on any atom is 0.573 e. The molecule has 0 saturated carbocycles. The summed E-state index contributed by atoms with van der Waals surface area (Å²) in [6.07, 6.45) is 1.69. The number of ether oxygens (including phenoxy) is 2. The lowest BCUT2D eigenvalue weighted by Gasteiger charge is -2.17. The molecule has 3 rings (SSSR count). The molecule has 1 aliphatic carbocycles. The highest BCUT2D eigenvalue weighted by Gasteiger charge is 2.32. The van der Waals surface area contributed by atoms with Crippen LogP contribution in [0.15, 0.2) is 34.2 Å². The van der Waals surface area contributed by atoms with Gasteiger partial charge < -0.3 is 9.47 Å². The van der Waals surface area contributed by atoms with Crippen molar-refractivity contribution in [3.63, 3.8) is 0 Å². The van der Waals surface area contributed by atoms with Gasteiger partial charge in [-0.25, -0.2) is 9.97 Å². The van der Waals surface area contributed by atoms with Crippen molar-refractivity contribution < 1.29 is 22.6 Å². The van der Waals surface area contributed by atoms with Gasteiger partial charge in [-0.15, -0.1) is 24.5 Å². The maximum atomic E-state index is 12.4. The van der Waals surface area contributed by atoms with Gasteiger partial charge in [-0.2, -0.15) is 5.26 Å². The number of allylic oxidation sites excluding steroid dienone is 3. The van der Waals surface area contributed by atoms with Crippen LogP contribution in [0.5, 0.6) is 5.75 Å². The number of pyridine rings is 1. The van der Waals surface area contributed by atoms with E-state index in [1.54, 1.807) is 0 Å². The molecule has 0 fully saturated rings. The lowest BCUT2D eigenvalue weighted by molar-refractivity contribution is -0.303. The lowest BCUT2D eigenvalue weighted by Crippen LogP contribution is -2.14. The monoisotopic (exact) mass is 385 g/mol. The fourth-order valence-electron chi connectivity index (χ4n) is 2.17. The number of nitriles is 1. The minimum Gasteiger partial charge on any atom is -0.458 e. The Bertz CT molecular complexity index is 913. The van der Waals surface area contributed by atoms with Crippen LogP contribution in [-0.2, 0) is 4.74 Å². The van der Waals surface area contributed by atoms with E-state index in [9.17, 15) is 18.4 Å². The van der Waals surface area contributed by atoms with Crippen LogP contribution in [0.3, 0.4) is 0 Å². The van der Waals surface area contributed by atoms with Crippen LogP contribution in [0.4, 0.5) is 13.2 Å². The predicted molar refractivity (Wildman–Crippen MR) is 87.1 cm³/mol. The first-order valence-electron chi connectivity index (χ1n) is 6.97. The summed E-state index contributed by atoms with van der Waals surface area (Å²) >= 11 is 2.74. The van der Waals surface area contributed by atoms with E-state index in [0.29, 0.717) is 23.2 Å². The minimum absolute atomic E-state index is 0.192. The summed E-state index contributed by atoms with van der Waals surface area (Å²) in [6, 6.07) is 1.99.